The third-order valence-electron chi connectivity index (χ3n) is 3.42. The van der Waals surface area contributed by atoms with Crippen molar-refractivity contribution in [1.82, 2.24) is 0 Å². The number of ketones is 1. The lowest BCUT2D eigenvalue weighted by molar-refractivity contribution is 0.0966. The molecular weight excluding hydrogens is 244 g/mol. The Kier molecular flexibility index (Phi) is 4.38. The van der Waals surface area contributed by atoms with Crippen molar-refractivity contribution in [2.45, 2.75) is 26.2 Å². The van der Waals surface area contributed by atoms with Crippen molar-refractivity contribution in [3.8, 4) is 0 Å². The van der Waals surface area contributed by atoms with E-state index >= 15 is 0 Å². The van der Waals surface area contributed by atoms with E-state index in [1.165, 1.54) is 5.57 Å². The summed E-state index contributed by atoms with van der Waals surface area (Å²) in [5.74, 6) is 0.564. The number of hydrogen-bond acceptors (Lipinski definition) is 1. The Balaban J connectivity index is 2.03. The molecule has 1 nitrogen and oxygen atoms in total. The number of halogens is 1. The Bertz CT molecular complexity index is 482. The summed E-state index contributed by atoms with van der Waals surface area (Å²) in [6.45, 7) is 2.14. The fourth-order valence-corrected chi connectivity index (χ4v) is 2.41. The second kappa shape index (κ2) is 6.01. The molecule has 2 heteroatoms. The molecule has 1 aliphatic carbocycles. The number of rotatable bonds is 5. The molecule has 0 saturated carbocycles. The molecule has 0 aliphatic heterocycles. The van der Waals surface area contributed by atoms with E-state index in [9.17, 15) is 4.79 Å². The van der Waals surface area contributed by atoms with Gasteiger partial charge in [-0.1, -0.05) is 42.3 Å². The molecule has 0 radical (unpaired) electrons. The molecule has 0 spiro atoms. The van der Waals surface area contributed by atoms with Crippen molar-refractivity contribution in [2.24, 2.45) is 5.92 Å². The Labute approximate surface area is 113 Å². The van der Waals surface area contributed by atoms with Crippen molar-refractivity contribution < 1.29 is 4.79 Å². The molecule has 0 unspecified atom stereocenters. The molecule has 0 N–H and O–H groups in total. The SMILES string of the molecule is CC[C@H](CC(=O)c1ccc(Cl)cc1)C1=CC=CC1. The second-order valence-corrected chi connectivity index (χ2v) is 5.05. The molecule has 0 amide bonds. The van der Waals surface area contributed by atoms with Gasteiger partial charge in [0, 0.05) is 17.0 Å². The van der Waals surface area contributed by atoms with Crippen LogP contribution in [0.3, 0.4) is 0 Å². The van der Waals surface area contributed by atoms with Gasteiger partial charge in [0.05, 0.1) is 0 Å². The molecule has 0 bridgehead atoms. The van der Waals surface area contributed by atoms with Crippen LogP contribution in [0, 0.1) is 5.92 Å². The summed E-state index contributed by atoms with van der Waals surface area (Å²) in [7, 11) is 0. The third-order valence-corrected chi connectivity index (χ3v) is 3.67. The van der Waals surface area contributed by atoms with Crippen LogP contribution in [0.4, 0.5) is 0 Å². The van der Waals surface area contributed by atoms with E-state index in [0.29, 0.717) is 17.4 Å². The van der Waals surface area contributed by atoms with Crippen LogP contribution in [0.2, 0.25) is 5.02 Å². The van der Waals surface area contributed by atoms with Crippen LogP contribution in [-0.2, 0) is 0 Å². The fraction of sp³-hybridized carbons (Fsp3) is 0.312. The van der Waals surface area contributed by atoms with Crippen molar-refractivity contribution in [2.75, 3.05) is 0 Å². The first kappa shape index (κ1) is 13.1. The van der Waals surface area contributed by atoms with Gasteiger partial charge in [0.1, 0.15) is 0 Å². The lowest BCUT2D eigenvalue weighted by Crippen LogP contribution is -2.10. The lowest BCUT2D eigenvalue weighted by Gasteiger charge is -2.15. The average Bonchev–Trinajstić information content (AvgIpc) is 2.90. The molecule has 1 aromatic rings. The number of carbonyl (C=O) groups is 1. The van der Waals surface area contributed by atoms with Gasteiger partial charge in [0.2, 0.25) is 0 Å². The van der Waals surface area contributed by atoms with Gasteiger partial charge < -0.3 is 0 Å². The summed E-state index contributed by atoms with van der Waals surface area (Å²) in [5.41, 5.74) is 2.13. The Morgan fingerprint density at radius 3 is 2.61 bits per heavy atom. The molecule has 0 heterocycles. The maximum Gasteiger partial charge on any atom is 0.163 e. The highest BCUT2D eigenvalue weighted by Gasteiger charge is 2.18. The molecule has 0 fully saturated rings. The highest BCUT2D eigenvalue weighted by Crippen LogP contribution is 2.27. The zero-order valence-corrected chi connectivity index (χ0v) is 11.3. The summed E-state index contributed by atoms with van der Waals surface area (Å²) in [4.78, 5) is 12.2. The molecule has 0 saturated heterocycles. The minimum Gasteiger partial charge on any atom is -0.294 e. The van der Waals surface area contributed by atoms with E-state index in [1.807, 2.05) is 0 Å². The first-order chi connectivity index (χ1) is 8.70. The summed E-state index contributed by atoms with van der Waals surface area (Å²) < 4.78 is 0. The zero-order chi connectivity index (χ0) is 13.0. The van der Waals surface area contributed by atoms with Crippen LogP contribution in [0.25, 0.3) is 0 Å². The van der Waals surface area contributed by atoms with Crippen LogP contribution in [0.1, 0.15) is 36.5 Å². The largest absolute Gasteiger partial charge is 0.294 e. The minimum absolute atomic E-state index is 0.200. The van der Waals surface area contributed by atoms with Gasteiger partial charge >= 0.3 is 0 Å². The average molecular weight is 261 g/mol. The van der Waals surface area contributed by atoms with Gasteiger partial charge in [-0.05, 0) is 43.0 Å². The third kappa shape index (κ3) is 3.11. The van der Waals surface area contributed by atoms with Gasteiger partial charge in [-0.3, -0.25) is 4.79 Å². The highest BCUT2D eigenvalue weighted by atomic mass is 35.5. The molecular formula is C16H17ClO. The van der Waals surface area contributed by atoms with Crippen LogP contribution in [0.15, 0.2) is 48.1 Å². The highest BCUT2D eigenvalue weighted by molar-refractivity contribution is 6.30. The number of carbonyl (C=O) groups excluding carboxylic acids is 1. The lowest BCUT2D eigenvalue weighted by atomic mass is 9.89. The molecule has 2 rings (SSSR count). The van der Waals surface area contributed by atoms with Crippen molar-refractivity contribution in [3.05, 3.63) is 58.7 Å². The van der Waals surface area contributed by atoms with Gasteiger partial charge in [-0.15, -0.1) is 0 Å². The monoisotopic (exact) mass is 260 g/mol. The predicted molar refractivity (Wildman–Crippen MR) is 76.0 cm³/mol. The first-order valence-electron chi connectivity index (χ1n) is 6.35. The maximum absolute atomic E-state index is 12.2. The number of Topliss-reactive ketones (excluding diaryl/α,β-unsaturated/α-hetero) is 1. The summed E-state index contributed by atoms with van der Waals surface area (Å²) in [5, 5.41) is 0.668. The maximum atomic E-state index is 12.2. The van der Waals surface area contributed by atoms with Gasteiger partial charge in [-0.25, -0.2) is 0 Å². The van der Waals surface area contributed by atoms with Crippen LogP contribution in [0.5, 0.6) is 0 Å². The summed E-state index contributed by atoms with van der Waals surface area (Å²) in [6, 6.07) is 7.15. The van der Waals surface area contributed by atoms with Gasteiger partial charge in [0.25, 0.3) is 0 Å². The number of benzene rings is 1. The van der Waals surface area contributed by atoms with Crippen molar-refractivity contribution in [3.63, 3.8) is 0 Å². The van der Waals surface area contributed by atoms with Crippen LogP contribution < -0.4 is 0 Å². The quantitative estimate of drug-likeness (QED) is 0.694. The van der Waals surface area contributed by atoms with Gasteiger partial charge in [0.15, 0.2) is 5.78 Å². The van der Waals surface area contributed by atoms with E-state index in [1.54, 1.807) is 24.3 Å². The Morgan fingerprint density at radius 1 is 1.33 bits per heavy atom. The summed E-state index contributed by atoms with van der Waals surface area (Å²) in [6.07, 6.45) is 8.95. The normalized spacial score (nSPS) is 15.6. The van der Waals surface area contributed by atoms with Crippen molar-refractivity contribution in [1.29, 1.82) is 0 Å². The smallest absolute Gasteiger partial charge is 0.163 e. The van der Waals surface area contributed by atoms with Crippen molar-refractivity contribution >= 4 is 17.4 Å². The van der Waals surface area contributed by atoms with Crippen LogP contribution >= 0.6 is 11.6 Å². The van der Waals surface area contributed by atoms with E-state index < -0.39 is 0 Å². The zero-order valence-electron chi connectivity index (χ0n) is 10.5. The van der Waals surface area contributed by atoms with Gasteiger partial charge in [-0.2, -0.15) is 0 Å². The number of allylic oxidation sites excluding steroid dienone is 4. The van der Waals surface area contributed by atoms with E-state index in [2.05, 4.69) is 25.2 Å². The molecule has 0 aromatic heterocycles. The van der Waals surface area contributed by atoms with E-state index in [-0.39, 0.29) is 5.78 Å². The molecule has 1 aliphatic rings. The molecule has 1 atom stereocenters. The minimum atomic E-state index is 0.200. The standard InChI is InChI=1S/C16H17ClO/c1-2-12(13-5-3-4-6-13)11-16(18)14-7-9-15(17)10-8-14/h3-5,7-10,12H,2,6,11H2,1H3/t12-/m1/s1. The molecule has 94 valence electrons. The Morgan fingerprint density at radius 2 is 2.06 bits per heavy atom. The topological polar surface area (TPSA) is 17.1 Å². The van der Waals surface area contributed by atoms with E-state index in [0.717, 1.165) is 18.4 Å². The first-order valence-corrected chi connectivity index (χ1v) is 6.73. The second-order valence-electron chi connectivity index (χ2n) is 4.61. The fourth-order valence-electron chi connectivity index (χ4n) is 2.28. The predicted octanol–water partition coefficient (Wildman–Crippen LogP) is 4.83. The summed E-state index contributed by atoms with van der Waals surface area (Å²) >= 11 is 5.82. The molecule has 18 heavy (non-hydrogen) atoms. The molecule has 1 aromatic carbocycles. The Hall–Kier alpha value is -1.34. The van der Waals surface area contributed by atoms with E-state index in [4.69, 9.17) is 11.6 Å². The van der Waals surface area contributed by atoms with Crippen LogP contribution in [-0.4, -0.2) is 5.78 Å². The number of hydrogen-bond donors (Lipinski definition) is 0.